The number of hydrogen-bond acceptors (Lipinski definition) is 6. The maximum Gasteiger partial charge on any atom is 0.206 e. The first-order chi connectivity index (χ1) is 9.74. The molecule has 1 aromatic heterocycles. The van der Waals surface area contributed by atoms with E-state index in [9.17, 15) is 0 Å². The fourth-order valence-corrected chi connectivity index (χ4v) is 3.73. The summed E-state index contributed by atoms with van der Waals surface area (Å²) in [5.74, 6) is 1.62. The molecule has 0 amide bonds. The van der Waals surface area contributed by atoms with Crippen molar-refractivity contribution in [2.75, 3.05) is 12.4 Å². The molecule has 0 radical (unpaired) electrons. The van der Waals surface area contributed by atoms with Crippen LogP contribution in [0, 0.1) is 0 Å². The van der Waals surface area contributed by atoms with Crippen LogP contribution in [0.5, 0.6) is 5.75 Å². The second-order valence-corrected chi connectivity index (χ2v) is 7.17. The van der Waals surface area contributed by atoms with Crippen molar-refractivity contribution in [2.24, 2.45) is 0 Å². The van der Waals surface area contributed by atoms with E-state index in [1.807, 2.05) is 18.2 Å². The SMILES string of the molecule is COc1ccc(Cl)cc1CSc1nnc(NC2CC2)s1. The molecule has 1 aromatic carbocycles. The van der Waals surface area contributed by atoms with Crippen LogP contribution in [0.4, 0.5) is 5.13 Å². The van der Waals surface area contributed by atoms with Gasteiger partial charge in [-0.05, 0) is 31.0 Å². The number of benzene rings is 1. The lowest BCUT2D eigenvalue weighted by molar-refractivity contribution is 0.411. The van der Waals surface area contributed by atoms with Gasteiger partial charge in [-0.1, -0.05) is 34.7 Å². The molecule has 4 nitrogen and oxygen atoms in total. The predicted molar refractivity (Wildman–Crippen MR) is 84.1 cm³/mol. The minimum absolute atomic E-state index is 0.605. The molecule has 2 aromatic rings. The van der Waals surface area contributed by atoms with Gasteiger partial charge in [0.1, 0.15) is 5.75 Å². The summed E-state index contributed by atoms with van der Waals surface area (Å²) in [6.07, 6.45) is 2.48. The van der Waals surface area contributed by atoms with Gasteiger partial charge in [-0.2, -0.15) is 0 Å². The van der Waals surface area contributed by atoms with Crippen molar-refractivity contribution in [2.45, 2.75) is 29.0 Å². The minimum Gasteiger partial charge on any atom is -0.496 e. The van der Waals surface area contributed by atoms with Crippen molar-refractivity contribution >= 4 is 39.8 Å². The van der Waals surface area contributed by atoms with Crippen molar-refractivity contribution in [3.8, 4) is 5.75 Å². The summed E-state index contributed by atoms with van der Waals surface area (Å²) in [5.41, 5.74) is 1.07. The molecule has 0 saturated heterocycles. The van der Waals surface area contributed by atoms with Gasteiger partial charge in [0, 0.05) is 22.4 Å². The third kappa shape index (κ3) is 3.56. The molecular formula is C13H14ClN3OS2. The average molecular weight is 328 g/mol. The van der Waals surface area contributed by atoms with E-state index in [2.05, 4.69) is 15.5 Å². The third-order valence-electron chi connectivity index (χ3n) is 2.91. The topological polar surface area (TPSA) is 47.0 Å². The van der Waals surface area contributed by atoms with Gasteiger partial charge < -0.3 is 10.1 Å². The van der Waals surface area contributed by atoms with Crippen molar-refractivity contribution in [3.63, 3.8) is 0 Å². The van der Waals surface area contributed by atoms with E-state index in [1.165, 1.54) is 12.8 Å². The van der Waals surface area contributed by atoms with E-state index in [0.29, 0.717) is 6.04 Å². The Morgan fingerprint density at radius 3 is 3.05 bits per heavy atom. The maximum absolute atomic E-state index is 6.02. The summed E-state index contributed by atoms with van der Waals surface area (Å²) in [6.45, 7) is 0. The Morgan fingerprint density at radius 1 is 1.45 bits per heavy atom. The molecule has 0 bridgehead atoms. The highest BCUT2D eigenvalue weighted by Gasteiger charge is 2.22. The Balaban J connectivity index is 1.63. The number of thioether (sulfide) groups is 1. The molecule has 1 N–H and O–H groups in total. The number of aromatic nitrogens is 2. The second kappa shape index (κ2) is 6.20. The molecular weight excluding hydrogens is 314 g/mol. The molecule has 1 saturated carbocycles. The summed E-state index contributed by atoms with van der Waals surface area (Å²) in [6, 6.07) is 6.25. The predicted octanol–water partition coefficient (Wildman–Crippen LogP) is 4.07. The first-order valence-corrected chi connectivity index (χ1v) is 8.48. The van der Waals surface area contributed by atoms with E-state index < -0.39 is 0 Å². The van der Waals surface area contributed by atoms with Crippen LogP contribution in [0.3, 0.4) is 0 Å². The molecule has 1 heterocycles. The van der Waals surface area contributed by atoms with Gasteiger partial charge in [0.2, 0.25) is 5.13 Å². The summed E-state index contributed by atoms with van der Waals surface area (Å²) in [5, 5.41) is 13.3. The lowest BCUT2D eigenvalue weighted by Crippen LogP contribution is -1.99. The van der Waals surface area contributed by atoms with E-state index in [1.54, 1.807) is 30.2 Å². The Hall–Kier alpha value is -0.980. The molecule has 106 valence electrons. The Kier molecular flexibility index (Phi) is 4.33. The number of ether oxygens (including phenoxy) is 1. The quantitative estimate of drug-likeness (QED) is 0.810. The summed E-state index contributed by atoms with van der Waals surface area (Å²) in [4.78, 5) is 0. The highest BCUT2D eigenvalue weighted by molar-refractivity contribution is 8.00. The Bertz CT molecular complexity index is 601. The summed E-state index contributed by atoms with van der Waals surface area (Å²) < 4.78 is 6.29. The molecule has 0 atom stereocenters. The van der Waals surface area contributed by atoms with E-state index in [4.69, 9.17) is 16.3 Å². The molecule has 0 spiro atoms. The number of anilines is 1. The normalized spacial score (nSPS) is 14.3. The fourth-order valence-electron chi connectivity index (χ4n) is 1.73. The summed E-state index contributed by atoms with van der Waals surface area (Å²) >= 11 is 9.26. The first-order valence-electron chi connectivity index (χ1n) is 6.30. The zero-order chi connectivity index (χ0) is 13.9. The zero-order valence-corrected chi connectivity index (χ0v) is 13.3. The monoisotopic (exact) mass is 327 g/mol. The van der Waals surface area contributed by atoms with E-state index >= 15 is 0 Å². The minimum atomic E-state index is 0.605. The third-order valence-corrected chi connectivity index (χ3v) is 5.18. The zero-order valence-electron chi connectivity index (χ0n) is 10.9. The fraction of sp³-hybridized carbons (Fsp3) is 0.385. The van der Waals surface area contributed by atoms with Crippen LogP contribution in [0.25, 0.3) is 0 Å². The highest BCUT2D eigenvalue weighted by atomic mass is 35.5. The molecule has 7 heteroatoms. The molecule has 0 unspecified atom stereocenters. The van der Waals surface area contributed by atoms with Gasteiger partial charge in [0.25, 0.3) is 0 Å². The number of hydrogen-bond donors (Lipinski definition) is 1. The van der Waals surface area contributed by atoms with Crippen LogP contribution in [0.1, 0.15) is 18.4 Å². The van der Waals surface area contributed by atoms with Crippen molar-refractivity contribution in [1.29, 1.82) is 0 Å². The van der Waals surface area contributed by atoms with Gasteiger partial charge in [-0.15, -0.1) is 10.2 Å². The second-order valence-electron chi connectivity index (χ2n) is 4.54. The van der Waals surface area contributed by atoms with Gasteiger partial charge in [0.05, 0.1) is 7.11 Å². The van der Waals surface area contributed by atoms with Gasteiger partial charge in [0.15, 0.2) is 4.34 Å². The maximum atomic E-state index is 6.02. The highest BCUT2D eigenvalue weighted by Crippen LogP contribution is 2.34. The molecule has 1 aliphatic rings. The van der Waals surface area contributed by atoms with Gasteiger partial charge in [-0.3, -0.25) is 0 Å². The molecule has 1 aliphatic carbocycles. The van der Waals surface area contributed by atoms with Crippen LogP contribution in [-0.2, 0) is 5.75 Å². The Labute approximate surface area is 130 Å². The number of nitrogens with zero attached hydrogens (tertiary/aromatic N) is 2. The van der Waals surface area contributed by atoms with Crippen molar-refractivity contribution in [3.05, 3.63) is 28.8 Å². The molecule has 20 heavy (non-hydrogen) atoms. The number of methoxy groups -OCH3 is 1. The van der Waals surface area contributed by atoms with Crippen molar-refractivity contribution < 1.29 is 4.74 Å². The number of nitrogens with one attached hydrogen (secondary N) is 1. The standard InChI is InChI=1S/C13H14ClN3OS2/c1-18-11-5-2-9(14)6-8(11)7-19-13-17-16-12(20-13)15-10-3-4-10/h2,5-6,10H,3-4,7H2,1H3,(H,15,16). The lowest BCUT2D eigenvalue weighted by atomic mass is 10.2. The average Bonchev–Trinajstić information content (AvgIpc) is 3.14. The first kappa shape index (κ1) is 14.0. The van der Waals surface area contributed by atoms with Gasteiger partial charge >= 0.3 is 0 Å². The van der Waals surface area contributed by atoms with Crippen LogP contribution in [0.15, 0.2) is 22.5 Å². The van der Waals surface area contributed by atoms with Crippen LogP contribution in [-0.4, -0.2) is 23.3 Å². The smallest absolute Gasteiger partial charge is 0.206 e. The molecule has 0 aliphatic heterocycles. The molecule has 1 fully saturated rings. The largest absolute Gasteiger partial charge is 0.496 e. The number of rotatable bonds is 6. The lowest BCUT2D eigenvalue weighted by Gasteiger charge is -2.07. The number of halogens is 1. The van der Waals surface area contributed by atoms with E-state index in [-0.39, 0.29) is 0 Å². The van der Waals surface area contributed by atoms with Crippen LogP contribution < -0.4 is 10.1 Å². The van der Waals surface area contributed by atoms with E-state index in [0.717, 1.165) is 31.6 Å². The Morgan fingerprint density at radius 2 is 2.30 bits per heavy atom. The van der Waals surface area contributed by atoms with Crippen molar-refractivity contribution in [1.82, 2.24) is 10.2 Å². The summed E-state index contributed by atoms with van der Waals surface area (Å²) in [7, 11) is 1.67. The van der Waals surface area contributed by atoms with Gasteiger partial charge in [-0.25, -0.2) is 0 Å². The van der Waals surface area contributed by atoms with Crippen LogP contribution in [0.2, 0.25) is 5.02 Å². The molecule has 3 rings (SSSR count). The van der Waals surface area contributed by atoms with Crippen LogP contribution >= 0.6 is 34.7 Å².